The molecule has 4 aliphatic rings. The van der Waals surface area contributed by atoms with Crippen LogP contribution in [0.3, 0.4) is 0 Å². The molecular weight excluding hydrogens is 334 g/mol. The normalized spacial score (nSPS) is 39.5. The lowest BCUT2D eigenvalue weighted by atomic mass is 9.64. The Morgan fingerprint density at radius 2 is 2.16 bits per heavy atom. The van der Waals surface area contributed by atoms with Crippen LogP contribution in [0.1, 0.15) is 42.8 Å². The first-order valence-corrected chi connectivity index (χ1v) is 10.5. The molecule has 0 aromatic carbocycles. The zero-order valence-corrected chi connectivity index (χ0v) is 15.9. The number of fused-ring (bicyclic) bond motifs is 1. The summed E-state index contributed by atoms with van der Waals surface area (Å²) in [6.45, 7) is 8.76. The molecule has 1 spiro atoms. The van der Waals surface area contributed by atoms with E-state index in [1.165, 1.54) is 36.6 Å². The van der Waals surface area contributed by atoms with Gasteiger partial charge in [-0.2, -0.15) is 0 Å². The van der Waals surface area contributed by atoms with E-state index in [0.29, 0.717) is 12.0 Å². The van der Waals surface area contributed by atoms with Crippen molar-refractivity contribution in [3.8, 4) is 0 Å². The molecule has 0 radical (unpaired) electrons. The van der Waals surface area contributed by atoms with Crippen LogP contribution in [0.5, 0.6) is 0 Å². The molecule has 1 amide bonds. The monoisotopic (exact) mass is 361 g/mol. The number of hydrogen-bond acceptors (Lipinski definition) is 5. The van der Waals surface area contributed by atoms with Gasteiger partial charge in [-0.15, -0.1) is 11.3 Å². The number of nitrogens with zero attached hydrogens (tertiary/aromatic N) is 3. The van der Waals surface area contributed by atoms with Crippen molar-refractivity contribution in [3.63, 3.8) is 0 Å². The van der Waals surface area contributed by atoms with Gasteiger partial charge in [0.15, 0.2) is 0 Å². The number of carbonyl (C=O) groups excluding carboxylic acids is 1. The first-order chi connectivity index (χ1) is 12.1. The summed E-state index contributed by atoms with van der Waals surface area (Å²) < 4.78 is 5.16. The number of thiazole rings is 1. The van der Waals surface area contributed by atoms with Crippen LogP contribution in [0.25, 0.3) is 0 Å². The lowest BCUT2D eigenvalue weighted by Gasteiger charge is -2.49. The van der Waals surface area contributed by atoms with Gasteiger partial charge in [0.25, 0.3) is 0 Å². The quantitative estimate of drug-likeness (QED) is 0.830. The van der Waals surface area contributed by atoms with Crippen molar-refractivity contribution in [2.75, 3.05) is 32.8 Å². The van der Waals surface area contributed by atoms with Crippen LogP contribution in [0, 0.1) is 24.2 Å². The topological polar surface area (TPSA) is 45.7 Å². The predicted octanol–water partition coefficient (Wildman–Crippen LogP) is 3.11. The van der Waals surface area contributed by atoms with Crippen LogP contribution in [-0.4, -0.2) is 59.7 Å². The first kappa shape index (κ1) is 16.1. The molecule has 2 saturated heterocycles. The summed E-state index contributed by atoms with van der Waals surface area (Å²) in [5, 5.41) is 3.47. The number of amides is 1. The number of rotatable bonds is 3. The number of aromatic nitrogens is 1. The van der Waals surface area contributed by atoms with Gasteiger partial charge in [-0.3, -0.25) is 4.90 Å². The molecule has 5 rings (SSSR count). The van der Waals surface area contributed by atoms with Gasteiger partial charge >= 0.3 is 6.09 Å². The summed E-state index contributed by atoms with van der Waals surface area (Å²) in [5.41, 5.74) is 1.73. The van der Waals surface area contributed by atoms with Crippen molar-refractivity contribution in [1.82, 2.24) is 14.8 Å². The largest absolute Gasteiger partial charge is 0.450 e. The zero-order chi connectivity index (χ0) is 17.2. The maximum atomic E-state index is 11.9. The van der Waals surface area contributed by atoms with E-state index in [2.05, 4.69) is 17.2 Å². The van der Waals surface area contributed by atoms with Gasteiger partial charge in [-0.25, -0.2) is 9.78 Å². The Kier molecular flexibility index (Phi) is 3.65. The summed E-state index contributed by atoms with van der Waals surface area (Å²) in [6.07, 6.45) is 3.57. The van der Waals surface area contributed by atoms with Gasteiger partial charge < -0.3 is 9.64 Å². The van der Waals surface area contributed by atoms with E-state index in [0.717, 1.165) is 43.3 Å². The zero-order valence-electron chi connectivity index (χ0n) is 15.1. The smallest absolute Gasteiger partial charge is 0.409 e. The molecule has 0 unspecified atom stereocenters. The summed E-state index contributed by atoms with van der Waals surface area (Å²) >= 11 is 1.79. The van der Waals surface area contributed by atoms with E-state index in [1.807, 2.05) is 11.8 Å². The second-order valence-electron chi connectivity index (χ2n) is 8.53. The predicted molar refractivity (Wildman–Crippen MR) is 96.8 cm³/mol. The molecular formula is C19H27N3O2S. The Hall–Kier alpha value is -1.14. The number of likely N-dealkylation sites (tertiary alicyclic amines) is 2. The number of carbonyl (C=O) groups is 1. The second kappa shape index (κ2) is 5.68. The number of hydrogen-bond donors (Lipinski definition) is 0. The highest BCUT2D eigenvalue weighted by Gasteiger charge is 2.60. The Morgan fingerprint density at radius 1 is 1.40 bits per heavy atom. The highest BCUT2D eigenvalue weighted by atomic mass is 32.1. The van der Waals surface area contributed by atoms with Gasteiger partial charge in [0.1, 0.15) is 0 Å². The van der Waals surface area contributed by atoms with Gasteiger partial charge in [0.05, 0.1) is 17.3 Å². The maximum Gasteiger partial charge on any atom is 0.409 e. The van der Waals surface area contributed by atoms with E-state index >= 15 is 0 Å². The van der Waals surface area contributed by atoms with Crippen LogP contribution in [0.15, 0.2) is 5.38 Å². The van der Waals surface area contributed by atoms with Crippen molar-refractivity contribution >= 4 is 17.4 Å². The van der Waals surface area contributed by atoms with Gasteiger partial charge in [0, 0.05) is 43.5 Å². The van der Waals surface area contributed by atoms with Gasteiger partial charge in [0.2, 0.25) is 0 Å². The molecule has 2 aliphatic heterocycles. The third kappa shape index (κ3) is 2.60. The number of ether oxygens (including phenoxy) is 1. The van der Waals surface area contributed by atoms with Crippen LogP contribution in [-0.2, 0) is 4.74 Å². The van der Waals surface area contributed by atoms with Gasteiger partial charge in [-0.1, -0.05) is 0 Å². The maximum absolute atomic E-state index is 11.9. The van der Waals surface area contributed by atoms with Crippen molar-refractivity contribution < 1.29 is 9.53 Å². The van der Waals surface area contributed by atoms with E-state index in [1.54, 1.807) is 11.3 Å². The SMILES string of the molecule is CCOC(=O)N1CCC2(CC(N3C[C@@H]4[C@H](C3)[C@@H]4c3csc(C)n3)C2)C1. The fourth-order valence-corrected chi connectivity index (χ4v) is 6.33. The van der Waals surface area contributed by atoms with Crippen molar-refractivity contribution in [3.05, 3.63) is 16.1 Å². The van der Waals surface area contributed by atoms with Crippen LogP contribution < -0.4 is 0 Å². The highest BCUT2D eigenvalue weighted by molar-refractivity contribution is 7.09. The Labute approximate surface area is 153 Å². The molecule has 2 aliphatic carbocycles. The van der Waals surface area contributed by atoms with Crippen LogP contribution in [0.4, 0.5) is 4.79 Å². The van der Waals surface area contributed by atoms with E-state index in [9.17, 15) is 4.79 Å². The Bertz CT molecular complexity index is 672. The minimum absolute atomic E-state index is 0.119. The molecule has 0 N–H and O–H groups in total. The fourth-order valence-electron chi connectivity index (χ4n) is 5.67. The minimum Gasteiger partial charge on any atom is -0.450 e. The Morgan fingerprint density at radius 3 is 2.80 bits per heavy atom. The first-order valence-electron chi connectivity index (χ1n) is 9.66. The molecule has 1 aromatic heterocycles. The third-order valence-corrected chi connectivity index (χ3v) is 7.81. The average molecular weight is 362 g/mol. The highest BCUT2D eigenvalue weighted by Crippen LogP contribution is 2.60. The van der Waals surface area contributed by atoms with Crippen LogP contribution in [0.2, 0.25) is 0 Å². The van der Waals surface area contributed by atoms with Gasteiger partial charge in [-0.05, 0) is 50.4 Å². The molecule has 1 aromatic rings. The lowest BCUT2D eigenvalue weighted by molar-refractivity contribution is 0.0117. The molecule has 3 atom stereocenters. The standard InChI is InChI=1S/C19H27N3O2S/c1-3-24-18(23)21-5-4-19(11-21)6-13(7-19)22-8-14-15(9-22)17(14)16-10-25-12(2)20-16/h10,13-15,17H,3-9,11H2,1-2H3/t13?,14-,15+,17-,19?. The van der Waals surface area contributed by atoms with E-state index in [4.69, 9.17) is 9.72 Å². The van der Waals surface area contributed by atoms with Crippen molar-refractivity contribution in [2.24, 2.45) is 17.3 Å². The second-order valence-corrected chi connectivity index (χ2v) is 9.59. The molecule has 25 heavy (non-hydrogen) atoms. The minimum atomic E-state index is -0.119. The molecule has 5 nitrogen and oxygen atoms in total. The Balaban J connectivity index is 1.12. The molecule has 6 heteroatoms. The van der Waals surface area contributed by atoms with Crippen molar-refractivity contribution in [2.45, 2.75) is 45.1 Å². The summed E-state index contributed by atoms with van der Waals surface area (Å²) in [5.74, 6) is 2.43. The molecule has 136 valence electrons. The summed E-state index contributed by atoms with van der Waals surface area (Å²) in [7, 11) is 0. The fraction of sp³-hybridized carbons (Fsp3) is 0.789. The van der Waals surface area contributed by atoms with E-state index in [-0.39, 0.29) is 6.09 Å². The van der Waals surface area contributed by atoms with Crippen LogP contribution >= 0.6 is 11.3 Å². The summed E-state index contributed by atoms with van der Waals surface area (Å²) in [4.78, 5) is 21.3. The third-order valence-electron chi connectivity index (χ3n) is 7.02. The molecule has 0 bridgehead atoms. The molecule has 4 fully saturated rings. The molecule has 2 saturated carbocycles. The average Bonchev–Trinajstić information content (AvgIpc) is 3.02. The lowest BCUT2D eigenvalue weighted by Crippen LogP contribution is -2.52. The molecule has 3 heterocycles. The number of piperidine rings is 1. The van der Waals surface area contributed by atoms with Crippen molar-refractivity contribution in [1.29, 1.82) is 0 Å². The summed E-state index contributed by atoms with van der Waals surface area (Å²) in [6, 6.07) is 0.743. The van der Waals surface area contributed by atoms with E-state index < -0.39 is 0 Å². The number of aryl methyl sites for hydroxylation is 1.